The van der Waals surface area contributed by atoms with Crippen LogP contribution in [0.25, 0.3) is 0 Å². The second-order valence-electron chi connectivity index (χ2n) is 5.17. The topological polar surface area (TPSA) is 21.3 Å². The molecule has 0 heterocycles. The van der Waals surface area contributed by atoms with Crippen molar-refractivity contribution >= 4 is 11.6 Å². The van der Waals surface area contributed by atoms with E-state index in [0.717, 1.165) is 30.9 Å². The highest BCUT2D eigenvalue weighted by molar-refractivity contribution is 6.32. The zero-order chi connectivity index (χ0) is 14.1. The lowest BCUT2D eigenvalue weighted by atomic mass is 10.2. The van der Waals surface area contributed by atoms with Gasteiger partial charge in [-0.3, -0.25) is 0 Å². The normalized spacial score (nSPS) is 11.0. The molecule has 0 bridgehead atoms. The fourth-order valence-corrected chi connectivity index (χ4v) is 2.12. The first-order chi connectivity index (χ1) is 9.15. The minimum absolute atomic E-state index is 0.455. The van der Waals surface area contributed by atoms with Crippen molar-refractivity contribution in [3.63, 3.8) is 0 Å². The van der Waals surface area contributed by atoms with Gasteiger partial charge in [-0.1, -0.05) is 63.8 Å². The van der Waals surface area contributed by atoms with Gasteiger partial charge in [-0.15, -0.1) is 0 Å². The number of para-hydroxylation sites is 1. The van der Waals surface area contributed by atoms with Crippen LogP contribution in [0.5, 0.6) is 5.75 Å². The lowest BCUT2D eigenvalue weighted by Crippen LogP contribution is -2.22. The molecular weight excluding hydrogens is 258 g/mol. The maximum absolute atomic E-state index is 6.23. The Balaban J connectivity index is 2.54. The number of halogens is 1. The molecule has 0 fully saturated rings. The van der Waals surface area contributed by atoms with E-state index >= 15 is 0 Å². The van der Waals surface area contributed by atoms with E-state index in [9.17, 15) is 0 Å². The highest BCUT2D eigenvalue weighted by Crippen LogP contribution is 2.29. The molecule has 1 aromatic rings. The summed E-state index contributed by atoms with van der Waals surface area (Å²) in [4.78, 5) is 0. The van der Waals surface area contributed by atoms with Crippen LogP contribution >= 0.6 is 11.6 Å². The van der Waals surface area contributed by atoms with E-state index in [0.29, 0.717) is 11.1 Å². The molecule has 0 radical (unpaired) electrons. The van der Waals surface area contributed by atoms with E-state index in [1.54, 1.807) is 0 Å². The van der Waals surface area contributed by atoms with Gasteiger partial charge in [0, 0.05) is 18.2 Å². The molecule has 1 N–H and O–H groups in total. The predicted molar refractivity (Wildman–Crippen MR) is 83.1 cm³/mol. The average molecular weight is 284 g/mol. The molecule has 0 amide bonds. The number of unbranched alkanes of at least 4 members (excludes halogenated alkanes) is 3. The lowest BCUT2D eigenvalue weighted by molar-refractivity contribution is 0.301. The van der Waals surface area contributed by atoms with E-state index in [-0.39, 0.29) is 0 Å². The molecule has 3 heteroatoms. The highest BCUT2D eigenvalue weighted by atomic mass is 35.5. The minimum Gasteiger partial charge on any atom is -0.492 e. The summed E-state index contributed by atoms with van der Waals surface area (Å²) in [5.41, 5.74) is 1.14. The summed E-state index contributed by atoms with van der Waals surface area (Å²) in [5.74, 6) is 0.841. The number of hydrogen-bond acceptors (Lipinski definition) is 2. The van der Waals surface area contributed by atoms with Gasteiger partial charge in [-0.25, -0.2) is 0 Å². The maximum atomic E-state index is 6.23. The summed E-state index contributed by atoms with van der Waals surface area (Å²) in [6.45, 7) is 8.02. The van der Waals surface area contributed by atoms with Crippen LogP contribution in [0.3, 0.4) is 0 Å². The molecule has 0 saturated carbocycles. The number of benzene rings is 1. The van der Waals surface area contributed by atoms with Crippen LogP contribution in [0.4, 0.5) is 0 Å². The van der Waals surface area contributed by atoms with Crippen molar-refractivity contribution in [2.45, 2.75) is 59.0 Å². The molecule has 0 spiro atoms. The molecule has 0 aliphatic rings. The first-order valence-corrected chi connectivity index (χ1v) is 7.66. The summed E-state index contributed by atoms with van der Waals surface area (Å²) >= 11 is 6.23. The SMILES string of the molecule is CCCCCCOc1c(Cl)cccc1CNC(C)C. The number of nitrogens with one attached hydrogen (secondary N) is 1. The van der Waals surface area contributed by atoms with Gasteiger partial charge in [0.25, 0.3) is 0 Å². The van der Waals surface area contributed by atoms with Crippen LogP contribution in [0.15, 0.2) is 18.2 Å². The molecule has 108 valence electrons. The van der Waals surface area contributed by atoms with Crippen molar-refractivity contribution < 1.29 is 4.74 Å². The molecule has 2 nitrogen and oxygen atoms in total. The Morgan fingerprint density at radius 2 is 2.00 bits per heavy atom. The third kappa shape index (κ3) is 6.31. The molecule has 1 aromatic carbocycles. The van der Waals surface area contributed by atoms with E-state index in [1.165, 1.54) is 19.3 Å². The fraction of sp³-hybridized carbons (Fsp3) is 0.625. The third-order valence-corrected chi connectivity index (χ3v) is 3.29. The van der Waals surface area contributed by atoms with E-state index < -0.39 is 0 Å². The molecule has 1 rings (SSSR count). The quantitative estimate of drug-likeness (QED) is 0.658. The summed E-state index contributed by atoms with van der Waals surface area (Å²) < 4.78 is 5.87. The van der Waals surface area contributed by atoms with Crippen molar-refractivity contribution in [3.05, 3.63) is 28.8 Å². The van der Waals surface area contributed by atoms with Crippen molar-refractivity contribution in [2.75, 3.05) is 6.61 Å². The van der Waals surface area contributed by atoms with Gasteiger partial charge in [0.15, 0.2) is 0 Å². The molecule has 0 unspecified atom stereocenters. The first kappa shape index (κ1) is 16.3. The monoisotopic (exact) mass is 283 g/mol. The van der Waals surface area contributed by atoms with Gasteiger partial charge in [0.2, 0.25) is 0 Å². The maximum Gasteiger partial charge on any atom is 0.142 e. The molecule has 0 aromatic heterocycles. The van der Waals surface area contributed by atoms with Gasteiger partial charge in [0.05, 0.1) is 11.6 Å². The van der Waals surface area contributed by atoms with Crippen LogP contribution in [0.2, 0.25) is 5.02 Å². The third-order valence-electron chi connectivity index (χ3n) is 2.99. The van der Waals surface area contributed by atoms with Crippen molar-refractivity contribution in [3.8, 4) is 5.75 Å². The zero-order valence-corrected chi connectivity index (χ0v) is 13.1. The summed E-state index contributed by atoms with van der Waals surface area (Å²) in [5, 5.41) is 4.11. The Hall–Kier alpha value is -0.730. The van der Waals surface area contributed by atoms with Crippen LogP contribution in [0, 0.1) is 0 Å². The van der Waals surface area contributed by atoms with Gasteiger partial charge in [0.1, 0.15) is 5.75 Å². The van der Waals surface area contributed by atoms with Crippen molar-refractivity contribution in [2.24, 2.45) is 0 Å². The van der Waals surface area contributed by atoms with E-state index in [4.69, 9.17) is 16.3 Å². The van der Waals surface area contributed by atoms with Crippen LogP contribution in [0.1, 0.15) is 52.0 Å². The highest BCUT2D eigenvalue weighted by Gasteiger charge is 2.08. The molecular formula is C16H26ClNO. The smallest absolute Gasteiger partial charge is 0.142 e. The molecule has 0 aliphatic carbocycles. The van der Waals surface area contributed by atoms with Crippen molar-refractivity contribution in [1.82, 2.24) is 5.32 Å². The summed E-state index contributed by atoms with van der Waals surface area (Å²) in [6, 6.07) is 6.39. The van der Waals surface area contributed by atoms with Crippen LogP contribution in [-0.2, 0) is 6.54 Å². The molecule has 0 atom stereocenters. The average Bonchev–Trinajstić information content (AvgIpc) is 2.38. The second kappa shape index (κ2) is 9.22. The Labute approximate surface area is 122 Å². The molecule has 0 aliphatic heterocycles. The van der Waals surface area contributed by atoms with E-state index in [2.05, 4.69) is 32.2 Å². The molecule has 0 saturated heterocycles. The van der Waals surface area contributed by atoms with Crippen LogP contribution < -0.4 is 10.1 Å². The second-order valence-corrected chi connectivity index (χ2v) is 5.58. The van der Waals surface area contributed by atoms with Crippen LogP contribution in [-0.4, -0.2) is 12.6 Å². The number of rotatable bonds is 9. The summed E-state index contributed by atoms with van der Waals surface area (Å²) in [7, 11) is 0. The van der Waals surface area contributed by atoms with Crippen molar-refractivity contribution in [1.29, 1.82) is 0 Å². The minimum atomic E-state index is 0.455. The predicted octanol–water partition coefficient (Wildman–Crippen LogP) is 4.80. The van der Waals surface area contributed by atoms with E-state index in [1.807, 2.05) is 12.1 Å². The van der Waals surface area contributed by atoms with Gasteiger partial charge in [-0.05, 0) is 12.5 Å². The molecule has 19 heavy (non-hydrogen) atoms. The number of hydrogen-bond donors (Lipinski definition) is 1. The Morgan fingerprint density at radius 1 is 1.21 bits per heavy atom. The first-order valence-electron chi connectivity index (χ1n) is 7.28. The lowest BCUT2D eigenvalue weighted by Gasteiger charge is -2.15. The Morgan fingerprint density at radius 3 is 2.68 bits per heavy atom. The fourth-order valence-electron chi connectivity index (χ4n) is 1.87. The Bertz CT molecular complexity index is 366. The van der Waals surface area contributed by atoms with Gasteiger partial charge < -0.3 is 10.1 Å². The number of ether oxygens (including phenoxy) is 1. The zero-order valence-electron chi connectivity index (χ0n) is 12.3. The van der Waals surface area contributed by atoms with Gasteiger partial charge in [-0.2, -0.15) is 0 Å². The largest absolute Gasteiger partial charge is 0.492 e. The van der Waals surface area contributed by atoms with Gasteiger partial charge >= 0.3 is 0 Å². The summed E-state index contributed by atoms with van der Waals surface area (Å²) in [6.07, 6.45) is 4.83. The Kier molecular flexibility index (Phi) is 7.92. The standard InChI is InChI=1S/C16H26ClNO/c1-4-5-6-7-11-19-16-14(12-18-13(2)3)9-8-10-15(16)17/h8-10,13,18H,4-7,11-12H2,1-3H3.